The molecule has 1 atom stereocenters. The van der Waals surface area contributed by atoms with E-state index in [1.165, 1.54) is 6.08 Å². The number of hydrogen-bond acceptors (Lipinski definition) is 2. The highest BCUT2D eigenvalue weighted by molar-refractivity contribution is 5.77. The molecule has 0 rings (SSSR count). The second-order valence-corrected chi connectivity index (χ2v) is 1.41. The van der Waals surface area contributed by atoms with Gasteiger partial charge in [-0.15, -0.1) is 6.58 Å². The van der Waals surface area contributed by atoms with Crippen LogP contribution in [0.2, 0.25) is 0 Å². The first-order chi connectivity index (χ1) is 4.20. The number of urea groups is 1. The van der Waals surface area contributed by atoms with E-state index in [1.807, 2.05) is 0 Å². The lowest BCUT2D eigenvalue weighted by Gasteiger charge is -2.02. The molecule has 0 saturated heterocycles. The number of amides is 2. The molecule has 9 heavy (non-hydrogen) atoms. The van der Waals surface area contributed by atoms with Crippen LogP contribution >= 0.6 is 0 Å². The monoisotopic (exact) mass is 128 g/mol. The van der Waals surface area contributed by atoms with E-state index in [1.54, 1.807) is 0 Å². The van der Waals surface area contributed by atoms with Crippen LogP contribution in [0.5, 0.6) is 0 Å². The first kappa shape index (κ1) is 7.68. The van der Waals surface area contributed by atoms with Crippen LogP contribution in [-0.4, -0.2) is 18.4 Å². The van der Waals surface area contributed by atoms with Gasteiger partial charge in [0.05, 0.1) is 0 Å². The van der Waals surface area contributed by atoms with E-state index in [9.17, 15) is 9.59 Å². The van der Waals surface area contributed by atoms with Gasteiger partial charge in [0.1, 0.15) is 12.3 Å². The molecule has 4 heteroatoms. The molecule has 3 N–H and O–H groups in total. The number of nitrogens with two attached hydrogens (primary N) is 1. The number of carbonyl (C=O) groups is 2. The molecule has 0 radical (unpaired) electrons. The van der Waals surface area contributed by atoms with Crippen LogP contribution < -0.4 is 11.1 Å². The van der Waals surface area contributed by atoms with Crippen molar-refractivity contribution < 1.29 is 9.59 Å². The Bertz CT molecular complexity index is 125. The summed E-state index contributed by atoms with van der Waals surface area (Å²) in [6, 6.07) is -1.39. The molecule has 0 aromatic heterocycles. The molecular formula is C5H8N2O2. The average molecular weight is 128 g/mol. The summed E-state index contributed by atoms with van der Waals surface area (Å²) in [7, 11) is 0. The second kappa shape index (κ2) is 3.65. The molecule has 0 aliphatic carbocycles. The molecule has 50 valence electrons. The van der Waals surface area contributed by atoms with Crippen LogP contribution in [-0.2, 0) is 4.79 Å². The Labute approximate surface area is 52.7 Å². The third-order valence-corrected chi connectivity index (χ3v) is 0.709. The van der Waals surface area contributed by atoms with E-state index in [4.69, 9.17) is 0 Å². The fourth-order valence-electron chi connectivity index (χ4n) is 0.313. The normalized spacial score (nSPS) is 11.6. The van der Waals surface area contributed by atoms with Gasteiger partial charge in [-0.1, -0.05) is 6.08 Å². The van der Waals surface area contributed by atoms with Crippen LogP contribution in [0.1, 0.15) is 0 Å². The van der Waals surface area contributed by atoms with Gasteiger partial charge in [0.15, 0.2) is 0 Å². The van der Waals surface area contributed by atoms with Crippen molar-refractivity contribution in [2.45, 2.75) is 6.04 Å². The minimum Gasteiger partial charge on any atom is -0.352 e. The van der Waals surface area contributed by atoms with Gasteiger partial charge in [0, 0.05) is 0 Å². The Hall–Kier alpha value is -1.32. The topological polar surface area (TPSA) is 72.2 Å². The molecule has 0 saturated carbocycles. The standard InChI is InChI=1S/C5H8N2O2/c1-2-4(3-8)7-5(6)9/h2-4H,1H2,(H3,6,7,9). The Morgan fingerprint density at radius 3 is 2.44 bits per heavy atom. The molecule has 4 nitrogen and oxygen atoms in total. The van der Waals surface area contributed by atoms with Crippen LogP contribution in [0.15, 0.2) is 12.7 Å². The Balaban J connectivity index is 3.68. The van der Waals surface area contributed by atoms with Crippen molar-refractivity contribution in [1.82, 2.24) is 5.32 Å². The molecule has 0 bridgehead atoms. The van der Waals surface area contributed by atoms with E-state index in [2.05, 4.69) is 17.6 Å². The van der Waals surface area contributed by atoms with Gasteiger partial charge >= 0.3 is 6.03 Å². The molecule has 0 aromatic carbocycles. The minimum absolute atomic E-state index is 0.539. The zero-order valence-electron chi connectivity index (χ0n) is 4.83. The summed E-state index contributed by atoms with van der Waals surface area (Å²) in [6.45, 7) is 3.28. The zero-order chi connectivity index (χ0) is 7.28. The van der Waals surface area contributed by atoms with Gasteiger partial charge in [0.25, 0.3) is 0 Å². The van der Waals surface area contributed by atoms with Crippen molar-refractivity contribution in [2.24, 2.45) is 5.73 Å². The Morgan fingerprint density at radius 1 is 1.78 bits per heavy atom. The van der Waals surface area contributed by atoms with Gasteiger partial charge in [-0.25, -0.2) is 4.79 Å². The van der Waals surface area contributed by atoms with Crippen LogP contribution in [0.3, 0.4) is 0 Å². The summed E-state index contributed by atoms with van der Waals surface area (Å²) in [4.78, 5) is 20.0. The van der Waals surface area contributed by atoms with Crippen LogP contribution in [0.25, 0.3) is 0 Å². The molecule has 1 unspecified atom stereocenters. The summed E-state index contributed by atoms with van der Waals surface area (Å²) in [5, 5.41) is 2.13. The molecule has 0 aliphatic rings. The quantitative estimate of drug-likeness (QED) is 0.394. The number of aldehydes is 1. The third kappa shape index (κ3) is 3.28. The SMILES string of the molecule is C=CC(C=O)NC(N)=O. The maximum atomic E-state index is 10.0. The number of hydrogen-bond donors (Lipinski definition) is 2. The van der Waals surface area contributed by atoms with Crippen molar-refractivity contribution in [2.75, 3.05) is 0 Å². The van der Waals surface area contributed by atoms with Crippen molar-refractivity contribution in [1.29, 1.82) is 0 Å². The first-order valence-corrected chi connectivity index (χ1v) is 2.34. The third-order valence-electron chi connectivity index (χ3n) is 0.709. The van der Waals surface area contributed by atoms with Crippen LogP contribution in [0.4, 0.5) is 4.79 Å². The maximum absolute atomic E-state index is 10.0. The average Bonchev–Trinajstić information content (AvgIpc) is 1.82. The summed E-state index contributed by atoms with van der Waals surface area (Å²) >= 11 is 0. The first-order valence-electron chi connectivity index (χ1n) is 2.34. The van der Waals surface area contributed by atoms with Gasteiger partial charge in [-0.2, -0.15) is 0 Å². The lowest BCUT2D eigenvalue weighted by atomic mass is 10.3. The Morgan fingerprint density at radius 2 is 2.33 bits per heavy atom. The van der Waals surface area contributed by atoms with E-state index in [0.717, 1.165) is 0 Å². The number of rotatable bonds is 3. The highest BCUT2D eigenvalue weighted by atomic mass is 16.2. The Kier molecular flexibility index (Phi) is 3.12. The zero-order valence-corrected chi connectivity index (χ0v) is 4.83. The molecule has 0 aromatic rings. The maximum Gasteiger partial charge on any atom is 0.312 e. The van der Waals surface area contributed by atoms with Crippen molar-refractivity contribution in [3.8, 4) is 0 Å². The van der Waals surface area contributed by atoms with E-state index in [-0.39, 0.29) is 0 Å². The highest BCUT2D eigenvalue weighted by Crippen LogP contribution is 1.75. The molecule has 0 spiro atoms. The molecule has 0 aliphatic heterocycles. The number of primary amides is 1. The van der Waals surface area contributed by atoms with E-state index in [0.29, 0.717) is 6.29 Å². The fourth-order valence-corrected chi connectivity index (χ4v) is 0.313. The summed E-state index contributed by atoms with van der Waals surface area (Å²) in [6.07, 6.45) is 1.83. The van der Waals surface area contributed by atoms with Gasteiger partial charge in [0.2, 0.25) is 0 Å². The lowest BCUT2D eigenvalue weighted by Crippen LogP contribution is -2.38. The van der Waals surface area contributed by atoms with Gasteiger partial charge in [-0.05, 0) is 0 Å². The van der Waals surface area contributed by atoms with Crippen LogP contribution in [0, 0.1) is 0 Å². The number of carbonyl (C=O) groups excluding carboxylic acids is 2. The minimum atomic E-state index is -0.730. The predicted octanol–water partition coefficient (Wildman–Crippen LogP) is -0.592. The predicted molar refractivity (Wildman–Crippen MR) is 32.8 cm³/mol. The molecule has 0 heterocycles. The summed E-state index contributed by atoms with van der Waals surface area (Å²) in [5.74, 6) is 0. The van der Waals surface area contributed by atoms with Crippen molar-refractivity contribution >= 4 is 12.3 Å². The molecular weight excluding hydrogens is 120 g/mol. The summed E-state index contributed by atoms with van der Waals surface area (Å²) < 4.78 is 0. The summed E-state index contributed by atoms with van der Waals surface area (Å²) in [5.41, 5.74) is 4.69. The molecule has 0 fully saturated rings. The van der Waals surface area contributed by atoms with E-state index >= 15 is 0 Å². The fraction of sp³-hybridized carbons (Fsp3) is 0.200. The number of nitrogens with one attached hydrogen (secondary N) is 1. The van der Waals surface area contributed by atoms with E-state index < -0.39 is 12.1 Å². The second-order valence-electron chi connectivity index (χ2n) is 1.41. The van der Waals surface area contributed by atoms with Gasteiger partial charge < -0.3 is 15.8 Å². The largest absolute Gasteiger partial charge is 0.352 e. The van der Waals surface area contributed by atoms with Crippen molar-refractivity contribution in [3.05, 3.63) is 12.7 Å². The lowest BCUT2D eigenvalue weighted by molar-refractivity contribution is -0.108. The van der Waals surface area contributed by atoms with Crippen molar-refractivity contribution in [3.63, 3.8) is 0 Å². The highest BCUT2D eigenvalue weighted by Gasteiger charge is 2.00. The van der Waals surface area contributed by atoms with Gasteiger partial charge in [-0.3, -0.25) is 0 Å². The smallest absolute Gasteiger partial charge is 0.312 e. The molecule has 2 amide bonds.